The van der Waals surface area contributed by atoms with E-state index in [1.807, 2.05) is 45.9 Å². The fourth-order valence-electron chi connectivity index (χ4n) is 2.03. The Labute approximate surface area is 126 Å². The Bertz CT molecular complexity index is 668. The minimum Gasteiger partial charge on any atom is -0.497 e. The SMILES string of the molecule is COc1ccc2c(c1)c(Br)c(C)n2C(=O)OC(C)(C)C. The molecule has 1 aromatic carbocycles. The third-order valence-corrected chi connectivity index (χ3v) is 3.91. The van der Waals surface area contributed by atoms with Crippen molar-refractivity contribution in [2.45, 2.75) is 33.3 Å². The predicted octanol–water partition coefficient (Wildman–Crippen LogP) is 4.50. The standard InChI is InChI=1S/C15H18BrNO3/c1-9-13(16)11-8-10(19-5)6-7-12(11)17(9)14(18)20-15(2,3)4/h6-8H,1-5H3. The second-order valence-corrected chi connectivity index (χ2v) is 6.39. The van der Waals surface area contributed by atoms with E-state index in [0.29, 0.717) is 0 Å². The first-order chi connectivity index (χ1) is 9.24. The van der Waals surface area contributed by atoms with Gasteiger partial charge in [0.2, 0.25) is 0 Å². The molecule has 0 amide bonds. The molecule has 108 valence electrons. The van der Waals surface area contributed by atoms with Crippen molar-refractivity contribution < 1.29 is 14.3 Å². The van der Waals surface area contributed by atoms with Crippen LogP contribution in [0.25, 0.3) is 10.9 Å². The summed E-state index contributed by atoms with van der Waals surface area (Å²) in [6.45, 7) is 7.43. The summed E-state index contributed by atoms with van der Waals surface area (Å²) < 4.78 is 13.1. The molecular weight excluding hydrogens is 322 g/mol. The van der Waals surface area contributed by atoms with Crippen LogP contribution in [0.1, 0.15) is 26.5 Å². The van der Waals surface area contributed by atoms with Crippen LogP contribution in [0.4, 0.5) is 4.79 Å². The summed E-state index contributed by atoms with van der Waals surface area (Å²) in [7, 11) is 1.62. The zero-order valence-electron chi connectivity index (χ0n) is 12.3. The van der Waals surface area contributed by atoms with Crippen LogP contribution in [0.15, 0.2) is 22.7 Å². The highest BCUT2D eigenvalue weighted by Crippen LogP contribution is 2.33. The van der Waals surface area contributed by atoms with Gasteiger partial charge in [-0.3, -0.25) is 0 Å². The van der Waals surface area contributed by atoms with E-state index in [1.165, 1.54) is 0 Å². The molecule has 0 atom stereocenters. The number of carbonyl (C=O) groups excluding carboxylic acids is 1. The summed E-state index contributed by atoms with van der Waals surface area (Å²) in [6, 6.07) is 5.58. The van der Waals surface area contributed by atoms with Crippen LogP contribution in [0.5, 0.6) is 5.75 Å². The van der Waals surface area contributed by atoms with Gasteiger partial charge in [0.25, 0.3) is 0 Å². The van der Waals surface area contributed by atoms with Crippen molar-refractivity contribution in [3.8, 4) is 5.75 Å². The molecular formula is C15H18BrNO3. The maximum Gasteiger partial charge on any atom is 0.419 e. The summed E-state index contributed by atoms with van der Waals surface area (Å²) in [5.41, 5.74) is 1.07. The van der Waals surface area contributed by atoms with Crippen LogP contribution in [0.3, 0.4) is 0 Å². The Kier molecular flexibility index (Phi) is 3.82. The molecule has 0 N–H and O–H groups in total. The van der Waals surface area contributed by atoms with E-state index in [9.17, 15) is 4.79 Å². The maximum atomic E-state index is 12.4. The molecule has 2 aromatic rings. The molecule has 0 spiro atoms. The van der Waals surface area contributed by atoms with E-state index >= 15 is 0 Å². The lowest BCUT2D eigenvalue weighted by molar-refractivity contribution is 0.0541. The summed E-state index contributed by atoms with van der Waals surface area (Å²) in [5, 5.41) is 0.924. The van der Waals surface area contributed by atoms with Gasteiger partial charge in [0.05, 0.1) is 12.6 Å². The Hall–Kier alpha value is -1.49. The molecule has 2 rings (SSSR count). The van der Waals surface area contributed by atoms with Crippen molar-refractivity contribution in [2.75, 3.05) is 7.11 Å². The van der Waals surface area contributed by atoms with Crippen LogP contribution >= 0.6 is 15.9 Å². The van der Waals surface area contributed by atoms with Crippen molar-refractivity contribution in [2.24, 2.45) is 0 Å². The number of rotatable bonds is 1. The Morgan fingerprint density at radius 3 is 2.50 bits per heavy atom. The summed E-state index contributed by atoms with van der Waals surface area (Å²) >= 11 is 3.53. The van der Waals surface area contributed by atoms with Crippen LogP contribution in [0.2, 0.25) is 0 Å². The Morgan fingerprint density at radius 1 is 1.30 bits per heavy atom. The first-order valence-corrected chi connectivity index (χ1v) is 7.12. The molecule has 0 aliphatic carbocycles. The molecule has 0 bridgehead atoms. The fraction of sp³-hybridized carbons (Fsp3) is 0.400. The Balaban J connectivity index is 2.59. The van der Waals surface area contributed by atoms with Crippen LogP contribution in [0, 0.1) is 6.92 Å². The number of benzene rings is 1. The third-order valence-electron chi connectivity index (χ3n) is 2.91. The van der Waals surface area contributed by atoms with Gasteiger partial charge in [-0.05, 0) is 61.8 Å². The highest BCUT2D eigenvalue weighted by molar-refractivity contribution is 9.10. The normalized spacial score (nSPS) is 11.7. The zero-order chi connectivity index (χ0) is 15.1. The van der Waals surface area contributed by atoms with E-state index in [1.54, 1.807) is 11.7 Å². The molecule has 0 saturated heterocycles. The van der Waals surface area contributed by atoms with Gasteiger partial charge in [-0.2, -0.15) is 0 Å². The lowest BCUT2D eigenvalue weighted by Crippen LogP contribution is -2.27. The molecule has 4 nitrogen and oxygen atoms in total. The third kappa shape index (κ3) is 2.68. The molecule has 0 aliphatic rings. The molecule has 0 radical (unpaired) electrons. The number of fused-ring (bicyclic) bond motifs is 1. The lowest BCUT2D eigenvalue weighted by Gasteiger charge is -2.20. The van der Waals surface area contributed by atoms with Gasteiger partial charge in [0.15, 0.2) is 0 Å². The van der Waals surface area contributed by atoms with Crippen molar-refractivity contribution >= 4 is 32.9 Å². The number of hydrogen-bond acceptors (Lipinski definition) is 3. The summed E-state index contributed by atoms with van der Waals surface area (Å²) in [6.07, 6.45) is -0.379. The quantitative estimate of drug-likeness (QED) is 0.767. The minimum absolute atomic E-state index is 0.379. The second-order valence-electron chi connectivity index (χ2n) is 5.60. The van der Waals surface area contributed by atoms with E-state index < -0.39 is 5.60 Å². The van der Waals surface area contributed by atoms with Crippen LogP contribution in [-0.2, 0) is 4.74 Å². The molecule has 0 fully saturated rings. The topological polar surface area (TPSA) is 40.5 Å². The van der Waals surface area contributed by atoms with Gasteiger partial charge in [-0.1, -0.05) is 0 Å². The van der Waals surface area contributed by atoms with Gasteiger partial charge in [0.1, 0.15) is 11.4 Å². The molecule has 0 aliphatic heterocycles. The first kappa shape index (κ1) is 14.9. The van der Waals surface area contributed by atoms with Crippen molar-refractivity contribution in [3.05, 3.63) is 28.4 Å². The monoisotopic (exact) mass is 339 g/mol. The van der Waals surface area contributed by atoms with Crippen LogP contribution in [-0.4, -0.2) is 23.4 Å². The average Bonchev–Trinajstić information content (AvgIpc) is 2.59. The number of hydrogen-bond donors (Lipinski definition) is 0. The lowest BCUT2D eigenvalue weighted by atomic mass is 10.2. The number of nitrogens with zero attached hydrogens (tertiary/aromatic N) is 1. The highest BCUT2D eigenvalue weighted by Gasteiger charge is 2.23. The maximum absolute atomic E-state index is 12.4. The average molecular weight is 340 g/mol. The molecule has 20 heavy (non-hydrogen) atoms. The molecule has 0 unspecified atom stereocenters. The molecule has 1 aromatic heterocycles. The number of methoxy groups -OCH3 is 1. The summed E-state index contributed by atoms with van der Waals surface area (Å²) in [5.74, 6) is 0.750. The van der Waals surface area contributed by atoms with Gasteiger partial charge in [-0.25, -0.2) is 9.36 Å². The van der Waals surface area contributed by atoms with Crippen molar-refractivity contribution in [1.82, 2.24) is 4.57 Å². The first-order valence-electron chi connectivity index (χ1n) is 6.32. The Morgan fingerprint density at radius 2 is 1.95 bits per heavy atom. The van der Waals surface area contributed by atoms with Gasteiger partial charge in [-0.15, -0.1) is 0 Å². The van der Waals surface area contributed by atoms with Crippen molar-refractivity contribution in [1.29, 1.82) is 0 Å². The number of halogens is 1. The molecule has 1 heterocycles. The van der Waals surface area contributed by atoms with E-state index in [2.05, 4.69) is 15.9 Å². The smallest absolute Gasteiger partial charge is 0.419 e. The zero-order valence-corrected chi connectivity index (χ0v) is 13.9. The van der Waals surface area contributed by atoms with E-state index in [0.717, 1.165) is 26.8 Å². The second kappa shape index (κ2) is 5.13. The minimum atomic E-state index is -0.529. The van der Waals surface area contributed by atoms with E-state index in [4.69, 9.17) is 9.47 Å². The predicted molar refractivity (Wildman–Crippen MR) is 82.6 cm³/mol. The van der Waals surface area contributed by atoms with Crippen molar-refractivity contribution in [3.63, 3.8) is 0 Å². The molecule has 0 saturated carbocycles. The number of ether oxygens (including phenoxy) is 2. The van der Waals surface area contributed by atoms with Gasteiger partial charge >= 0.3 is 6.09 Å². The molecule has 5 heteroatoms. The van der Waals surface area contributed by atoms with E-state index in [-0.39, 0.29) is 6.09 Å². The van der Waals surface area contributed by atoms with Gasteiger partial charge < -0.3 is 9.47 Å². The number of carbonyl (C=O) groups is 1. The fourth-order valence-corrected chi connectivity index (χ4v) is 2.52. The summed E-state index contributed by atoms with van der Waals surface area (Å²) in [4.78, 5) is 12.4. The van der Waals surface area contributed by atoms with Gasteiger partial charge in [0, 0.05) is 15.6 Å². The van der Waals surface area contributed by atoms with Crippen LogP contribution < -0.4 is 4.74 Å². The largest absolute Gasteiger partial charge is 0.497 e. The highest BCUT2D eigenvalue weighted by atomic mass is 79.9. The number of aromatic nitrogens is 1.